The number of H-pyrrole nitrogens is 1. The molecule has 3 heterocycles. The average Bonchev–Trinajstić information content (AvgIpc) is 3.20. The predicted octanol–water partition coefficient (Wildman–Crippen LogP) is 3.64. The number of nitrogens with one attached hydrogen (secondary N) is 1. The highest BCUT2D eigenvalue weighted by Crippen LogP contribution is 2.36. The third kappa shape index (κ3) is 3.68. The van der Waals surface area contributed by atoms with Crippen molar-refractivity contribution in [3.63, 3.8) is 0 Å². The maximum absolute atomic E-state index is 12.4. The van der Waals surface area contributed by atoms with Crippen LogP contribution in [-0.4, -0.2) is 49.5 Å². The van der Waals surface area contributed by atoms with Crippen LogP contribution in [0.5, 0.6) is 0 Å². The van der Waals surface area contributed by atoms with Gasteiger partial charge in [0, 0.05) is 29.7 Å². The highest BCUT2D eigenvalue weighted by atomic mass is 16.4. The van der Waals surface area contributed by atoms with E-state index in [0.717, 1.165) is 40.7 Å². The van der Waals surface area contributed by atoms with Crippen LogP contribution in [0.3, 0.4) is 0 Å². The summed E-state index contributed by atoms with van der Waals surface area (Å²) in [6.45, 7) is 3.09. The first kappa shape index (κ1) is 20.1. The molecule has 1 aliphatic heterocycles. The van der Waals surface area contributed by atoms with Crippen molar-refractivity contribution in [2.75, 3.05) is 18.0 Å². The number of hydrogen-bond donors (Lipinski definition) is 2. The van der Waals surface area contributed by atoms with Crippen LogP contribution in [-0.2, 0) is 11.2 Å². The van der Waals surface area contributed by atoms with E-state index < -0.39 is 11.4 Å². The van der Waals surface area contributed by atoms with Crippen LogP contribution in [0, 0.1) is 12.3 Å². The minimum absolute atomic E-state index is 0.384. The highest BCUT2D eigenvalue weighted by molar-refractivity contribution is 5.85. The first-order chi connectivity index (χ1) is 15.5. The van der Waals surface area contributed by atoms with Crippen molar-refractivity contribution in [3.05, 3.63) is 66.0 Å². The van der Waals surface area contributed by atoms with E-state index in [1.54, 1.807) is 6.20 Å². The maximum atomic E-state index is 12.4. The normalized spacial score (nSPS) is 18.7. The van der Waals surface area contributed by atoms with Gasteiger partial charge in [0.15, 0.2) is 11.6 Å². The number of carbonyl (C=O) groups is 1. The molecule has 1 aliphatic rings. The van der Waals surface area contributed by atoms with E-state index in [2.05, 4.69) is 20.4 Å². The smallest absolute Gasteiger partial charge is 0.311 e. The van der Waals surface area contributed by atoms with E-state index in [0.29, 0.717) is 31.0 Å². The molecule has 0 spiro atoms. The van der Waals surface area contributed by atoms with Crippen LogP contribution in [0.15, 0.2) is 54.7 Å². The van der Waals surface area contributed by atoms with Gasteiger partial charge in [0.05, 0.1) is 17.1 Å². The number of aromatic amines is 1. The van der Waals surface area contributed by atoms with Crippen molar-refractivity contribution in [2.24, 2.45) is 5.41 Å². The van der Waals surface area contributed by atoms with Crippen molar-refractivity contribution < 1.29 is 9.90 Å². The zero-order valence-corrected chi connectivity index (χ0v) is 17.8. The standard InChI is InChI=1S/C24H24N6O2/c1-16-19-12-18(8-9-20(19)28-27-16)22-26-21(14-25-29-22)30-11-5-10-24(15-30,23(31)32)13-17-6-3-2-4-7-17/h2-4,6-9,12,14H,5,10-11,13,15H2,1H3,(H,27,28)(H,31,32). The first-order valence-electron chi connectivity index (χ1n) is 10.7. The van der Waals surface area contributed by atoms with E-state index in [9.17, 15) is 9.90 Å². The minimum atomic E-state index is -0.864. The van der Waals surface area contributed by atoms with Crippen LogP contribution in [0.2, 0.25) is 0 Å². The summed E-state index contributed by atoms with van der Waals surface area (Å²) in [6, 6.07) is 15.7. The third-order valence-electron chi connectivity index (χ3n) is 6.29. The molecule has 0 amide bonds. The number of carboxylic acid groups (broad SMARTS) is 1. The Hall–Kier alpha value is -3.81. The maximum Gasteiger partial charge on any atom is 0.311 e. The van der Waals surface area contributed by atoms with Gasteiger partial charge in [-0.25, -0.2) is 4.98 Å². The molecule has 4 aromatic rings. The second kappa shape index (κ2) is 8.03. The monoisotopic (exact) mass is 428 g/mol. The Labute approximate surface area is 185 Å². The van der Waals surface area contributed by atoms with Crippen molar-refractivity contribution in [1.29, 1.82) is 0 Å². The Balaban J connectivity index is 1.45. The zero-order chi connectivity index (χ0) is 22.1. The van der Waals surface area contributed by atoms with Gasteiger partial charge in [-0.3, -0.25) is 9.89 Å². The summed E-state index contributed by atoms with van der Waals surface area (Å²) >= 11 is 0. The van der Waals surface area contributed by atoms with Crippen molar-refractivity contribution >= 4 is 22.7 Å². The Morgan fingerprint density at radius 3 is 2.88 bits per heavy atom. The molecular weight excluding hydrogens is 404 g/mol. The molecule has 5 rings (SSSR count). The lowest BCUT2D eigenvalue weighted by Gasteiger charge is -2.40. The summed E-state index contributed by atoms with van der Waals surface area (Å²) in [6.07, 6.45) is 3.52. The lowest BCUT2D eigenvalue weighted by molar-refractivity contribution is -0.149. The Morgan fingerprint density at radius 2 is 2.06 bits per heavy atom. The van der Waals surface area contributed by atoms with Crippen molar-refractivity contribution in [2.45, 2.75) is 26.2 Å². The highest BCUT2D eigenvalue weighted by Gasteiger charge is 2.43. The Morgan fingerprint density at radius 1 is 1.22 bits per heavy atom. The van der Waals surface area contributed by atoms with Crippen LogP contribution in [0.4, 0.5) is 5.82 Å². The molecule has 8 nitrogen and oxygen atoms in total. The van der Waals surface area contributed by atoms with E-state index in [4.69, 9.17) is 4.98 Å². The molecule has 1 unspecified atom stereocenters. The molecule has 0 bridgehead atoms. The molecule has 1 fully saturated rings. The molecule has 162 valence electrons. The largest absolute Gasteiger partial charge is 0.481 e. The summed E-state index contributed by atoms with van der Waals surface area (Å²) in [5.74, 6) is 0.395. The van der Waals surface area contributed by atoms with Gasteiger partial charge in [-0.15, -0.1) is 5.10 Å². The summed E-state index contributed by atoms with van der Waals surface area (Å²) in [7, 11) is 0. The Bertz CT molecular complexity index is 1270. The van der Waals surface area contributed by atoms with Gasteiger partial charge < -0.3 is 10.0 Å². The van der Waals surface area contributed by atoms with Crippen LogP contribution < -0.4 is 4.90 Å². The average molecular weight is 428 g/mol. The number of carboxylic acids is 1. The predicted molar refractivity (Wildman–Crippen MR) is 121 cm³/mol. The second-order valence-electron chi connectivity index (χ2n) is 8.49. The van der Waals surface area contributed by atoms with Crippen LogP contribution >= 0.6 is 0 Å². The molecule has 8 heteroatoms. The van der Waals surface area contributed by atoms with Crippen LogP contribution in [0.25, 0.3) is 22.3 Å². The number of aryl methyl sites for hydroxylation is 1. The van der Waals surface area contributed by atoms with E-state index in [-0.39, 0.29) is 0 Å². The summed E-state index contributed by atoms with van der Waals surface area (Å²) in [4.78, 5) is 19.2. The molecule has 2 aromatic carbocycles. The fraction of sp³-hybridized carbons (Fsp3) is 0.292. The first-order valence-corrected chi connectivity index (χ1v) is 10.7. The van der Waals surface area contributed by atoms with Gasteiger partial charge in [0.1, 0.15) is 0 Å². The number of aromatic nitrogens is 5. The molecule has 0 radical (unpaired) electrons. The molecule has 2 aromatic heterocycles. The van der Waals surface area contributed by atoms with Gasteiger partial charge >= 0.3 is 5.97 Å². The number of benzene rings is 2. The van der Waals surface area contributed by atoms with Gasteiger partial charge in [0.2, 0.25) is 0 Å². The molecule has 1 atom stereocenters. The van der Waals surface area contributed by atoms with E-state index in [1.165, 1.54) is 0 Å². The van der Waals surface area contributed by atoms with Gasteiger partial charge in [0.25, 0.3) is 0 Å². The third-order valence-corrected chi connectivity index (χ3v) is 6.29. The van der Waals surface area contributed by atoms with E-state index >= 15 is 0 Å². The fourth-order valence-electron chi connectivity index (χ4n) is 4.56. The summed E-state index contributed by atoms with van der Waals surface area (Å²) in [5.41, 5.74) is 2.88. The molecule has 32 heavy (non-hydrogen) atoms. The number of aliphatic carboxylic acids is 1. The topological polar surface area (TPSA) is 108 Å². The second-order valence-corrected chi connectivity index (χ2v) is 8.49. The fourth-order valence-corrected chi connectivity index (χ4v) is 4.56. The van der Waals surface area contributed by atoms with Gasteiger partial charge in [-0.1, -0.05) is 30.3 Å². The quantitative estimate of drug-likeness (QED) is 0.500. The van der Waals surface area contributed by atoms with Crippen molar-refractivity contribution in [3.8, 4) is 11.4 Å². The van der Waals surface area contributed by atoms with E-state index in [1.807, 2.05) is 60.4 Å². The number of fused-ring (bicyclic) bond motifs is 1. The van der Waals surface area contributed by atoms with Crippen LogP contribution in [0.1, 0.15) is 24.1 Å². The molecule has 2 N–H and O–H groups in total. The zero-order valence-electron chi connectivity index (χ0n) is 17.8. The SMILES string of the molecule is Cc1[nH]nc2ccc(-c3nncc(N4CCCC(Cc5ccccc5)(C(=O)O)C4)n3)cc12. The molecular formula is C24H24N6O2. The van der Waals surface area contributed by atoms with Gasteiger partial charge in [-0.05, 0) is 49.9 Å². The number of piperidine rings is 1. The number of hydrogen-bond acceptors (Lipinski definition) is 6. The Kier molecular flexibility index (Phi) is 5.05. The molecule has 0 saturated carbocycles. The number of rotatable bonds is 5. The number of nitrogens with zero attached hydrogens (tertiary/aromatic N) is 5. The molecule has 1 saturated heterocycles. The number of anilines is 1. The lowest BCUT2D eigenvalue weighted by atomic mass is 9.75. The lowest BCUT2D eigenvalue weighted by Crippen LogP contribution is -2.49. The minimum Gasteiger partial charge on any atom is -0.481 e. The molecule has 0 aliphatic carbocycles. The summed E-state index contributed by atoms with van der Waals surface area (Å²) < 4.78 is 0. The summed E-state index contributed by atoms with van der Waals surface area (Å²) in [5, 5.41) is 26.8. The van der Waals surface area contributed by atoms with Crippen molar-refractivity contribution in [1.82, 2.24) is 25.4 Å². The van der Waals surface area contributed by atoms with Gasteiger partial charge in [-0.2, -0.15) is 10.2 Å².